The molecule has 3 aromatic rings. The van der Waals surface area contributed by atoms with E-state index in [1.807, 2.05) is 30.3 Å². The maximum Gasteiger partial charge on any atom is 0.296 e. The summed E-state index contributed by atoms with van der Waals surface area (Å²) in [5.74, 6) is 0.461. The van der Waals surface area contributed by atoms with Crippen LogP contribution in [-0.2, 0) is 15.6 Å². The van der Waals surface area contributed by atoms with Crippen LogP contribution in [-0.4, -0.2) is 28.2 Å². The van der Waals surface area contributed by atoms with Gasteiger partial charge in [-0.1, -0.05) is 6.07 Å². The van der Waals surface area contributed by atoms with E-state index in [1.54, 1.807) is 13.1 Å². The Balaban J connectivity index is 2.21. The van der Waals surface area contributed by atoms with E-state index in [1.165, 1.54) is 4.57 Å². The van der Waals surface area contributed by atoms with Crippen molar-refractivity contribution in [3.8, 4) is 11.4 Å². The molecule has 0 atom stereocenters. The second-order valence-electron chi connectivity index (χ2n) is 4.40. The number of nitrogens with zero attached hydrogens (tertiary/aromatic N) is 4. The van der Waals surface area contributed by atoms with Gasteiger partial charge in [-0.05, 0) is 31.2 Å². The van der Waals surface area contributed by atoms with E-state index in [0.29, 0.717) is 12.4 Å². The summed E-state index contributed by atoms with van der Waals surface area (Å²) in [7, 11) is 1.45. The van der Waals surface area contributed by atoms with E-state index in [4.69, 9.17) is 10.7 Å². The van der Waals surface area contributed by atoms with Crippen molar-refractivity contribution in [1.82, 2.24) is 19.7 Å². The minimum atomic E-state index is -3.93. The lowest BCUT2D eigenvalue weighted by molar-refractivity contribution is 0.583. The molecule has 0 aliphatic rings. The van der Waals surface area contributed by atoms with Gasteiger partial charge in [-0.15, -0.1) is 10.2 Å². The van der Waals surface area contributed by atoms with Crippen molar-refractivity contribution >= 4 is 30.6 Å². The molecule has 0 aliphatic carbocycles. The highest BCUT2D eigenvalue weighted by molar-refractivity contribution is 8.13. The normalized spacial score (nSPS) is 11.9. The van der Waals surface area contributed by atoms with Gasteiger partial charge in [-0.2, -0.15) is 0 Å². The van der Waals surface area contributed by atoms with Crippen molar-refractivity contribution < 1.29 is 8.42 Å². The van der Waals surface area contributed by atoms with Crippen LogP contribution in [0.1, 0.15) is 6.92 Å². The number of rotatable bonds is 3. The highest BCUT2D eigenvalue weighted by Crippen LogP contribution is 2.25. The molecule has 0 N–H and O–H groups in total. The molecule has 2 heterocycles. The van der Waals surface area contributed by atoms with Gasteiger partial charge in [0, 0.05) is 34.4 Å². The van der Waals surface area contributed by atoms with E-state index >= 15 is 0 Å². The van der Waals surface area contributed by atoms with Gasteiger partial charge in [-0.3, -0.25) is 9.55 Å². The van der Waals surface area contributed by atoms with Crippen molar-refractivity contribution in [2.45, 2.75) is 18.6 Å². The van der Waals surface area contributed by atoms with Crippen LogP contribution >= 0.6 is 10.7 Å². The Morgan fingerprint density at radius 3 is 2.76 bits per heavy atom. The lowest BCUT2D eigenvalue weighted by atomic mass is 10.1. The van der Waals surface area contributed by atoms with E-state index in [9.17, 15) is 8.42 Å². The van der Waals surface area contributed by atoms with Crippen LogP contribution in [0.25, 0.3) is 22.3 Å². The Kier molecular flexibility index (Phi) is 3.38. The van der Waals surface area contributed by atoms with Crippen molar-refractivity contribution in [3.05, 3.63) is 36.5 Å². The summed E-state index contributed by atoms with van der Waals surface area (Å²) in [5.41, 5.74) is 1.62. The minimum absolute atomic E-state index is 0.243. The fourth-order valence-corrected chi connectivity index (χ4v) is 3.14. The lowest BCUT2D eigenvalue weighted by Gasteiger charge is -2.06. The molecule has 0 bridgehead atoms. The predicted molar refractivity (Wildman–Crippen MR) is 79.5 cm³/mol. The van der Waals surface area contributed by atoms with Crippen molar-refractivity contribution in [2.24, 2.45) is 0 Å². The first-order valence-electron chi connectivity index (χ1n) is 6.23. The van der Waals surface area contributed by atoms with Gasteiger partial charge < -0.3 is 0 Å². The average Bonchev–Trinajstić information content (AvgIpc) is 2.90. The van der Waals surface area contributed by atoms with Gasteiger partial charge in [-0.25, -0.2) is 8.42 Å². The Morgan fingerprint density at radius 1 is 1.24 bits per heavy atom. The molecule has 0 saturated heterocycles. The quantitative estimate of drug-likeness (QED) is 0.692. The number of hydrogen-bond donors (Lipinski definition) is 0. The van der Waals surface area contributed by atoms with Gasteiger partial charge >= 0.3 is 0 Å². The standard InChI is InChI=1S/C13H11ClN4O2S/c1-2-18-12(16-17-13(18)21(14,19)20)10-5-6-11-9(8-10)4-3-7-15-11/h3-8H,2H2,1H3. The molecule has 0 unspecified atom stereocenters. The van der Waals surface area contributed by atoms with Gasteiger partial charge in [0.1, 0.15) is 0 Å². The highest BCUT2D eigenvalue weighted by Gasteiger charge is 2.22. The largest absolute Gasteiger partial charge is 0.297 e. The zero-order chi connectivity index (χ0) is 15.0. The Bertz CT molecular complexity index is 921. The summed E-state index contributed by atoms with van der Waals surface area (Å²) < 4.78 is 24.5. The van der Waals surface area contributed by atoms with E-state index in [0.717, 1.165) is 16.5 Å². The number of halogens is 1. The van der Waals surface area contributed by atoms with E-state index in [-0.39, 0.29) is 5.16 Å². The Morgan fingerprint density at radius 2 is 2.05 bits per heavy atom. The molecule has 6 nitrogen and oxygen atoms in total. The SMILES string of the molecule is CCn1c(-c2ccc3ncccc3c2)nnc1S(=O)(=O)Cl. The molecule has 0 fully saturated rings. The molecular formula is C13H11ClN4O2S. The molecule has 0 amide bonds. The molecule has 0 spiro atoms. The molecule has 0 radical (unpaired) electrons. The molecule has 3 rings (SSSR count). The summed E-state index contributed by atoms with van der Waals surface area (Å²) in [5, 5.41) is 8.35. The fraction of sp³-hybridized carbons (Fsp3) is 0.154. The van der Waals surface area contributed by atoms with Gasteiger partial charge in [0.2, 0.25) is 0 Å². The van der Waals surface area contributed by atoms with Crippen LogP contribution < -0.4 is 0 Å². The van der Waals surface area contributed by atoms with Gasteiger partial charge in [0.25, 0.3) is 14.2 Å². The second kappa shape index (κ2) is 5.09. The first-order valence-corrected chi connectivity index (χ1v) is 8.54. The maximum absolute atomic E-state index is 11.5. The topological polar surface area (TPSA) is 77.7 Å². The molecule has 108 valence electrons. The number of aromatic nitrogens is 4. The van der Waals surface area contributed by atoms with Crippen molar-refractivity contribution in [3.63, 3.8) is 0 Å². The third kappa shape index (κ3) is 2.50. The predicted octanol–water partition coefficient (Wildman–Crippen LogP) is 2.44. The lowest BCUT2D eigenvalue weighted by Crippen LogP contribution is -2.06. The van der Waals surface area contributed by atoms with E-state index in [2.05, 4.69) is 15.2 Å². The summed E-state index contributed by atoms with van der Waals surface area (Å²) >= 11 is 0. The molecule has 0 aliphatic heterocycles. The van der Waals surface area contributed by atoms with Gasteiger partial charge in [0.05, 0.1) is 5.52 Å². The number of pyridine rings is 1. The number of hydrogen-bond acceptors (Lipinski definition) is 5. The second-order valence-corrected chi connectivity index (χ2v) is 6.86. The molecule has 8 heteroatoms. The minimum Gasteiger partial charge on any atom is -0.297 e. The van der Waals surface area contributed by atoms with Crippen LogP contribution in [0.2, 0.25) is 0 Å². The summed E-state index contributed by atoms with van der Waals surface area (Å²) in [6.07, 6.45) is 1.72. The van der Waals surface area contributed by atoms with Crippen LogP contribution in [0.15, 0.2) is 41.7 Å². The molecule has 0 saturated carbocycles. The summed E-state index contributed by atoms with van der Waals surface area (Å²) in [6, 6.07) is 9.34. The van der Waals surface area contributed by atoms with Crippen LogP contribution in [0, 0.1) is 0 Å². The van der Waals surface area contributed by atoms with E-state index < -0.39 is 9.05 Å². The molecule has 2 aromatic heterocycles. The molecule has 1 aromatic carbocycles. The van der Waals surface area contributed by atoms with Crippen LogP contribution in [0.4, 0.5) is 0 Å². The highest BCUT2D eigenvalue weighted by atomic mass is 35.7. The Labute approximate surface area is 125 Å². The molecular weight excluding hydrogens is 312 g/mol. The first kappa shape index (κ1) is 14.0. The summed E-state index contributed by atoms with van der Waals surface area (Å²) in [6.45, 7) is 2.20. The zero-order valence-corrected chi connectivity index (χ0v) is 12.6. The van der Waals surface area contributed by atoms with Crippen LogP contribution in [0.5, 0.6) is 0 Å². The third-order valence-electron chi connectivity index (χ3n) is 3.11. The third-order valence-corrected chi connectivity index (χ3v) is 4.26. The zero-order valence-electron chi connectivity index (χ0n) is 11.1. The number of benzene rings is 1. The van der Waals surface area contributed by atoms with Crippen molar-refractivity contribution in [1.29, 1.82) is 0 Å². The Hall–Kier alpha value is -1.99. The monoisotopic (exact) mass is 322 g/mol. The first-order chi connectivity index (χ1) is 10.0. The smallest absolute Gasteiger partial charge is 0.296 e. The van der Waals surface area contributed by atoms with Crippen LogP contribution in [0.3, 0.4) is 0 Å². The fourth-order valence-electron chi connectivity index (χ4n) is 2.18. The molecule has 21 heavy (non-hydrogen) atoms. The number of fused-ring (bicyclic) bond motifs is 1. The van der Waals surface area contributed by atoms with Gasteiger partial charge in [0.15, 0.2) is 5.82 Å². The summed E-state index contributed by atoms with van der Waals surface area (Å²) in [4.78, 5) is 4.24. The average molecular weight is 323 g/mol. The van der Waals surface area contributed by atoms with Crippen molar-refractivity contribution in [2.75, 3.05) is 0 Å². The maximum atomic E-state index is 11.5.